The van der Waals surface area contributed by atoms with Gasteiger partial charge in [0.05, 0.1) is 7.11 Å². The molecule has 0 spiro atoms. The summed E-state index contributed by atoms with van der Waals surface area (Å²) < 4.78 is 5.47. The summed E-state index contributed by atoms with van der Waals surface area (Å²) in [5, 5.41) is 3.42. The molecule has 0 unspecified atom stereocenters. The van der Waals surface area contributed by atoms with E-state index in [0.717, 1.165) is 38.2 Å². The third-order valence-corrected chi connectivity index (χ3v) is 4.42. The predicted molar refractivity (Wildman–Crippen MR) is 79.9 cm³/mol. The van der Waals surface area contributed by atoms with Crippen LogP contribution >= 0.6 is 0 Å². The molecular formula is C16H26N2O. The van der Waals surface area contributed by atoms with Crippen molar-refractivity contribution >= 4 is 0 Å². The Labute approximate surface area is 116 Å². The summed E-state index contributed by atoms with van der Waals surface area (Å²) in [5.74, 6) is 1.45. The Morgan fingerprint density at radius 2 is 2.00 bits per heavy atom. The van der Waals surface area contributed by atoms with Crippen molar-refractivity contribution in [1.82, 2.24) is 5.32 Å². The summed E-state index contributed by atoms with van der Waals surface area (Å²) >= 11 is 0. The lowest BCUT2D eigenvalue weighted by Gasteiger charge is -2.37. The number of benzene rings is 1. The summed E-state index contributed by atoms with van der Waals surface area (Å²) in [6.07, 6.45) is 2.24. The Hall–Kier alpha value is -1.06. The van der Waals surface area contributed by atoms with Gasteiger partial charge in [-0.2, -0.15) is 0 Å². The van der Waals surface area contributed by atoms with Crippen molar-refractivity contribution in [1.29, 1.82) is 0 Å². The van der Waals surface area contributed by atoms with Gasteiger partial charge in [-0.25, -0.2) is 0 Å². The molecular weight excluding hydrogens is 236 g/mol. The lowest BCUT2D eigenvalue weighted by Crippen LogP contribution is -2.44. The van der Waals surface area contributed by atoms with E-state index in [1.54, 1.807) is 7.11 Å². The molecule has 3 nitrogen and oxygen atoms in total. The maximum absolute atomic E-state index is 6.11. The van der Waals surface area contributed by atoms with Crippen molar-refractivity contribution in [2.75, 3.05) is 26.7 Å². The first kappa shape index (κ1) is 14.4. The number of piperidine rings is 1. The second-order valence-electron chi connectivity index (χ2n) is 5.85. The first-order valence-electron chi connectivity index (χ1n) is 7.22. The zero-order chi connectivity index (χ0) is 13.9. The number of nitrogens with one attached hydrogen (secondary N) is 1. The smallest absolute Gasteiger partial charge is 0.122 e. The number of methoxy groups -OCH3 is 1. The van der Waals surface area contributed by atoms with E-state index in [1.807, 2.05) is 0 Å². The minimum Gasteiger partial charge on any atom is -0.496 e. The van der Waals surface area contributed by atoms with Gasteiger partial charge in [-0.3, -0.25) is 0 Å². The van der Waals surface area contributed by atoms with Gasteiger partial charge in [-0.1, -0.05) is 26.0 Å². The molecule has 3 heteroatoms. The molecule has 3 N–H and O–H groups in total. The van der Waals surface area contributed by atoms with Crippen LogP contribution in [-0.4, -0.2) is 26.7 Å². The van der Waals surface area contributed by atoms with Gasteiger partial charge in [0.25, 0.3) is 0 Å². The summed E-state index contributed by atoms with van der Waals surface area (Å²) in [7, 11) is 1.74. The minimum absolute atomic E-state index is 0.140. The van der Waals surface area contributed by atoms with Gasteiger partial charge in [0.2, 0.25) is 0 Å². The highest BCUT2D eigenvalue weighted by Crippen LogP contribution is 2.36. The molecule has 1 aromatic carbocycles. The molecule has 106 valence electrons. The molecule has 2 rings (SSSR count). The number of nitrogens with two attached hydrogens (primary N) is 1. The van der Waals surface area contributed by atoms with Gasteiger partial charge in [-0.05, 0) is 49.0 Å². The van der Waals surface area contributed by atoms with E-state index in [1.165, 1.54) is 11.1 Å². The van der Waals surface area contributed by atoms with E-state index < -0.39 is 0 Å². The molecule has 0 aliphatic carbocycles. The van der Waals surface area contributed by atoms with Crippen molar-refractivity contribution in [2.24, 2.45) is 5.73 Å². The standard InChI is InChI=1S/C16H26N2O/c1-12(2)14-10-13(4-5-15(14)19-3)16(11-17)6-8-18-9-7-16/h4-5,10,12,18H,6-9,11,17H2,1-3H3. The van der Waals surface area contributed by atoms with Crippen LogP contribution in [0.2, 0.25) is 0 Å². The van der Waals surface area contributed by atoms with E-state index in [0.29, 0.717) is 5.92 Å². The second kappa shape index (κ2) is 5.93. The molecule has 0 atom stereocenters. The largest absolute Gasteiger partial charge is 0.496 e. The highest BCUT2D eigenvalue weighted by molar-refractivity contribution is 5.42. The van der Waals surface area contributed by atoms with Crippen LogP contribution in [0.3, 0.4) is 0 Å². The van der Waals surface area contributed by atoms with Crippen LogP contribution in [0.1, 0.15) is 43.7 Å². The van der Waals surface area contributed by atoms with Crippen molar-refractivity contribution in [3.05, 3.63) is 29.3 Å². The first-order valence-corrected chi connectivity index (χ1v) is 7.22. The van der Waals surface area contributed by atoms with E-state index in [2.05, 4.69) is 37.4 Å². The Kier molecular flexibility index (Phi) is 4.48. The van der Waals surface area contributed by atoms with Gasteiger partial charge >= 0.3 is 0 Å². The number of ether oxygens (including phenoxy) is 1. The lowest BCUT2D eigenvalue weighted by molar-refractivity contribution is 0.314. The van der Waals surface area contributed by atoms with E-state index in [9.17, 15) is 0 Å². The van der Waals surface area contributed by atoms with Crippen LogP contribution in [0, 0.1) is 0 Å². The Morgan fingerprint density at radius 1 is 1.32 bits per heavy atom. The SMILES string of the molecule is COc1ccc(C2(CN)CCNCC2)cc1C(C)C. The van der Waals surface area contributed by atoms with Crippen LogP contribution in [0.15, 0.2) is 18.2 Å². The topological polar surface area (TPSA) is 47.3 Å². The predicted octanol–water partition coefficient (Wildman–Crippen LogP) is 2.40. The van der Waals surface area contributed by atoms with Gasteiger partial charge in [0.1, 0.15) is 5.75 Å². The van der Waals surface area contributed by atoms with Gasteiger partial charge in [0, 0.05) is 12.0 Å². The van der Waals surface area contributed by atoms with Crippen molar-refractivity contribution in [3.63, 3.8) is 0 Å². The average Bonchev–Trinajstić information content (AvgIpc) is 2.47. The van der Waals surface area contributed by atoms with Crippen molar-refractivity contribution in [3.8, 4) is 5.75 Å². The van der Waals surface area contributed by atoms with Gasteiger partial charge < -0.3 is 15.8 Å². The third-order valence-electron chi connectivity index (χ3n) is 4.42. The quantitative estimate of drug-likeness (QED) is 0.876. The maximum Gasteiger partial charge on any atom is 0.122 e. The highest BCUT2D eigenvalue weighted by Gasteiger charge is 2.33. The fraction of sp³-hybridized carbons (Fsp3) is 0.625. The Balaban J connectivity index is 2.40. The third kappa shape index (κ3) is 2.77. The summed E-state index contributed by atoms with van der Waals surface area (Å²) in [5.41, 5.74) is 8.91. The molecule has 0 aromatic heterocycles. The molecule has 19 heavy (non-hydrogen) atoms. The van der Waals surface area contributed by atoms with Crippen molar-refractivity contribution < 1.29 is 4.74 Å². The van der Waals surface area contributed by atoms with E-state index in [-0.39, 0.29) is 5.41 Å². The summed E-state index contributed by atoms with van der Waals surface area (Å²) in [4.78, 5) is 0. The van der Waals surface area contributed by atoms with E-state index in [4.69, 9.17) is 10.5 Å². The zero-order valence-electron chi connectivity index (χ0n) is 12.3. The number of rotatable bonds is 4. The van der Waals surface area contributed by atoms with Crippen LogP contribution in [0.4, 0.5) is 0 Å². The molecule has 1 fully saturated rings. The Morgan fingerprint density at radius 3 is 2.53 bits per heavy atom. The first-order chi connectivity index (χ1) is 9.13. The normalized spacial score (nSPS) is 18.6. The highest BCUT2D eigenvalue weighted by atomic mass is 16.5. The van der Waals surface area contributed by atoms with Crippen LogP contribution in [-0.2, 0) is 5.41 Å². The molecule has 1 aliphatic rings. The molecule has 1 aromatic rings. The fourth-order valence-corrected chi connectivity index (χ4v) is 3.03. The molecule has 1 saturated heterocycles. The van der Waals surface area contributed by atoms with Gasteiger partial charge in [-0.15, -0.1) is 0 Å². The Bertz CT molecular complexity index is 423. The molecule has 0 radical (unpaired) electrons. The van der Waals surface area contributed by atoms with E-state index >= 15 is 0 Å². The monoisotopic (exact) mass is 262 g/mol. The van der Waals surface area contributed by atoms with Crippen LogP contribution < -0.4 is 15.8 Å². The van der Waals surface area contributed by atoms with Crippen LogP contribution in [0.25, 0.3) is 0 Å². The minimum atomic E-state index is 0.140. The van der Waals surface area contributed by atoms with Crippen molar-refractivity contribution in [2.45, 2.75) is 38.0 Å². The summed E-state index contributed by atoms with van der Waals surface area (Å²) in [6.45, 7) is 7.25. The molecule has 1 aliphatic heterocycles. The van der Waals surface area contributed by atoms with Gasteiger partial charge in [0.15, 0.2) is 0 Å². The lowest BCUT2D eigenvalue weighted by atomic mass is 9.72. The average molecular weight is 262 g/mol. The molecule has 1 heterocycles. The number of hydrogen-bond donors (Lipinski definition) is 2. The fourth-order valence-electron chi connectivity index (χ4n) is 3.03. The van der Waals surface area contributed by atoms with Crippen LogP contribution in [0.5, 0.6) is 5.75 Å². The molecule has 0 saturated carbocycles. The zero-order valence-corrected chi connectivity index (χ0v) is 12.3. The molecule has 0 amide bonds. The molecule has 0 bridgehead atoms. The number of hydrogen-bond acceptors (Lipinski definition) is 3. The maximum atomic E-state index is 6.11. The summed E-state index contributed by atoms with van der Waals surface area (Å²) in [6, 6.07) is 6.61. The second-order valence-corrected chi connectivity index (χ2v) is 5.85.